The molecule has 0 spiro atoms. The molecule has 2 atom stereocenters. The number of nitrogens with one attached hydrogen (secondary N) is 1. The average molecular weight is 787 g/mol. The number of carbonyl (C=O) groups is 1. The molecule has 52 heavy (non-hydrogen) atoms. The molecule has 3 aromatic heterocycles. The Kier molecular flexibility index (Phi) is 14.5. The first kappa shape index (κ1) is 42.5. The third-order valence-corrected chi connectivity index (χ3v) is 8.13. The van der Waals surface area contributed by atoms with Crippen molar-refractivity contribution in [3.05, 3.63) is 76.2 Å². The van der Waals surface area contributed by atoms with Gasteiger partial charge in [0.15, 0.2) is 0 Å². The standard InChI is InChI=1S/C22H25F2N3O.C18H29BrN2O3/c1-13(2)10-22(4,25)12-28-21-14(3)7-15(11-27-21)17-5-6-26-19-9-16(23)8-18(24)20(17)19;1-12(2)9-18(7,21-16(22)24-17(4,5)6)11-23-15-13(3)8-14(19)10-20-15/h5-9,11,13H,10,12,25H2,1-4H3;8,10,12H,9,11H2,1-7H3,(H,21,22)/t22-;18-/m00/s1. The Bertz CT molecular complexity index is 1830. The number of nitrogens with two attached hydrogens (primary N) is 1. The molecule has 0 aliphatic carbocycles. The van der Waals surface area contributed by atoms with E-state index in [4.69, 9.17) is 19.9 Å². The number of fused-ring (bicyclic) bond motifs is 1. The van der Waals surface area contributed by atoms with Crippen LogP contribution in [-0.2, 0) is 4.74 Å². The van der Waals surface area contributed by atoms with Crippen molar-refractivity contribution in [2.24, 2.45) is 17.6 Å². The van der Waals surface area contributed by atoms with Gasteiger partial charge in [-0.1, -0.05) is 27.7 Å². The van der Waals surface area contributed by atoms with Gasteiger partial charge in [-0.05, 0) is 113 Å². The van der Waals surface area contributed by atoms with Crippen LogP contribution in [0.5, 0.6) is 11.8 Å². The van der Waals surface area contributed by atoms with Gasteiger partial charge >= 0.3 is 6.09 Å². The van der Waals surface area contributed by atoms with Gasteiger partial charge in [0.1, 0.15) is 30.4 Å². The predicted molar refractivity (Wildman–Crippen MR) is 207 cm³/mol. The summed E-state index contributed by atoms with van der Waals surface area (Å²) in [6.45, 7) is 22.4. The molecule has 0 radical (unpaired) electrons. The number of rotatable bonds is 12. The van der Waals surface area contributed by atoms with E-state index in [0.29, 0.717) is 47.9 Å². The molecule has 3 N–H and O–H groups in total. The van der Waals surface area contributed by atoms with E-state index in [-0.39, 0.29) is 10.9 Å². The zero-order valence-corrected chi connectivity index (χ0v) is 33.9. The number of ether oxygens (including phenoxy) is 3. The summed E-state index contributed by atoms with van der Waals surface area (Å²) in [4.78, 5) is 24.9. The summed E-state index contributed by atoms with van der Waals surface area (Å²) in [6, 6.07) is 7.60. The van der Waals surface area contributed by atoms with Gasteiger partial charge in [0.05, 0.1) is 11.1 Å². The van der Waals surface area contributed by atoms with E-state index in [1.54, 1.807) is 18.5 Å². The van der Waals surface area contributed by atoms with Crippen molar-refractivity contribution in [3.63, 3.8) is 0 Å². The minimum absolute atomic E-state index is 0.264. The summed E-state index contributed by atoms with van der Waals surface area (Å²) in [5, 5.41) is 3.23. The van der Waals surface area contributed by atoms with Crippen LogP contribution >= 0.6 is 15.9 Å². The lowest BCUT2D eigenvalue weighted by molar-refractivity contribution is 0.0405. The number of carbonyl (C=O) groups excluding carboxylic acids is 1. The second-order valence-electron chi connectivity index (χ2n) is 15.9. The molecular formula is C40H54BrF2N5O4. The van der Waals surface area contributed by atoms with E-state index in [9.17, 15) is 13.6 Å². The molecule has 0 unspecified atom stereocenters. The summed E-state index contributed by atoms with van der Waals surface area (Å²) in [7, 11) is 0. The second kappa shape index (κ2) is 17.7. The van der Waals surface area contributed by atoms with Crippen LogP contribution in [-0.4, -0.2) is 50.9 Å². The van der Waals surface area contributed by atoms with Gasteiger partial charge < -0.3 is 25.3 Å². The fourth-order valence-electron chi connectivity index (χ4n) is 6.03. The van der Waals surface area contributed by atoms with Crippen LogP contribution < -0.4 is 20.5 Å². The Hall–Kier alpha value is -3.90. The van der Waals surface area contributed by atoms with E-state index in [2.05, 4.69) is 63.9 Å². The Balaban J connectivity index is 0.000000284. The summed E-state index contributed by atoms with van der Waals surface area (Å²) in [5.74, 6) is 0.623. The molecule has 284 valence electrons. The minimum atomic E-state index is -0.654. The van der Waals surface area contributed by atoms with Crippen molar-refractivity contribution in [1.82, 2.24) is 20.3 Å². The number of pyridine rings is 3. The number of aromatic nitrogens is 3. The quantitative estimate of drug-likeness (QED) is 0.146. The Morgan fingerprint density at radius 1 is 0.865 bits per heavy atom. The minimum Gasteiger partial charge on any atom is -0.476 e. The van der Waals surface area contributed by atoms with Crippen LogP contribution in [0.4, 0.5) is 13.6 Å². The molecule has 4 rings (SSSR count). The normalized spacial score (nSPS) is 13.9. The molecule has 0 aliphatic heterocycles. The van der Waals surface area contributed by atoms with E-state index in [1.807, 2.05) is 60.6 Å². The van der Waals surface area contributed by atoms with E-state index < -0.39 is 34.4 Å². The first-order chi connectivity index (χ1) is 24.1. The SMILES string of the molecule is Cc1cc(-c2ccnc3cc(F)cc(F)c23)cnc1OC[C@@](C)(N)CC(C)C.Cc1cc(Br)cnc1OC[C@](C)(CC(C)C)NC(=O)OC(C)(C)C. The number of nitrogens with zero attached hydrogens (tertiary/aromatic N) is 3. The highest BCUT2D eigenvalue weighted by atomic mass is 79.9. The highest BCUT2D eigenvalue weighted by molar-refractivity contribution is 9.10. The van der Waals surface area contributed by atoms with Crippen molar-refractivity contribution in [2.75, 3.05) is 13.2 Å². The van der Waals surface area contributed by atoms with Crippen molar-refractivity contribution >= 4 is 32.9 Å². The van der Waals surface area contributed by atoms with Crippen molar-refractivity contribution in [3.8, 4) is 22.9 Å². The zero-order chi connectivity index (χ0) is 39.0. The summed E-state index contributed by atoms with van der Waals surface area (Å²) in [6.07, 6.45) is 6.02. The Morgan fingerprint density at radius 3 is 2.04 bits per heavy atom. The molecule has 12 heteroatoms. The van der Waals surface area contributed by atoms with Crippen LogP contribution in [0.2, 0.25) is 0 Å². The largest absolute Gasteiger partial charge is 0.476 e. The fourth-order valence-corrected chi connectivity index (χ4v) is 6.48. The molecule has 0 bridgehead atoms. The number of aryl methyl sites for hydroxylation is 2. The highest BCUT2D eigenvalue weighted by Gasteiger charge is 2.31. The number of benzene rings is 1. The maximum absolute atomic E-state index is 14.4. The maximum atomic E-state index is 14.4. The van der Waals surface area contributed by atoms with Gasteiger partial charge in [-0.15, -0.1) is 0 Å². The van der Waals surface area contributed by atoms with Gasteiger partial charge in [0.25, 0.3) is 0 Å². The fraction of sp³-hybridized carbons (Fsp3) is 0.500. The van der Waals surface area contributed by atoms with Crippen molar-refractivity contribution in [1.29, 1.82) is 0 Å². The van der Waals surface area contributed by atoms with Gasteiger partial charge in [0.2, 0.25) is 11.8 Å². The molecule has 1 aromatic carbocycles. The third-order valence-electron chi connectivity index (χ3n) is 7.70. The van der Waals surface area contributed by atoms with Crippen molar-refractivity contribution < 1.29 is 27.8 Å². The molecule has 0 saturated heterocycles. The van der Waals surface area contributed by atoms with Gasteiger partial charge in [-0.25, -0.2) is 23.5 Å². The van der Waals surface area contributed by atoms with Gasteiger partial charge in [-0.3, -0.25) is 4.98 Å². The number of alkyl carbamates (subject to hydrolysis) is 1. The van der Waals surface area contributed by atoms with Gasteiger partial charge in [0, 0.05) is 62.8 Å². The molecule has 4 aromatic rings. The topological polar surface area (TPSA) is 121 Å². The first-order valence-electron chi connectivity index (χ1n) is 17.4. The van der Waals surface area contributed by atoms with Gasteiger partial charge in [-0.2, -0.15) is 0 Å². The lowest BCUT2D eigenvalue weighted by Gasteiger charge is -2.33. The third kappa shape index (κ3) is 13.3. The highest BCUT2D eigenvalue weighted by Crippen LogP contribution is 2.32. The summed E-state index contributed by atoms with van der Waals surface area (Å²) >= 11 is 3.39. The van der Waals surface area contributed by atoms with Crippen LogP contribution in [0.25, 0.3) is 22.0 Å². The molecular weight excluding hydrogens is 732 g/mol. The molecule has 3 heterocycles. The number of hydrogen-bond donors (Lipinski definition) is 2. The van der Waals surface area contributed by atoms with Crippen LogP contribution in [0, 0.1) is 37.3 Å². The molecule has 0 saturated carbocycles. The maximum Gasteiger partial charge on any atom is 0.408 e. The average Bonchev–Trinajstić information content (AvgIpc) is 2.97. The Labute approximate surface area is 315 Å². The van der Waals surface area contributed by atoms with Crippen LogP contribution in [0.15, 0.2) is 53.4 Å². The van der Waals surface area contributed by atoms with E-state index in [1.165, 1.54) is 12.3 Å². The van der Waals surface area contributed by atoms with E-state index in [0.717, 1.165) is 34.5 Å². The number of hydrogen-bond acceptors (Lipinski definition) is 8. The van der Waals surface area contributed by atoms with Crippen molar-refractivity contribution in [2.45, 2.75) is 106 Å². The number of halogens is 3. The van der Waals surface area contributed by atoms with Crippen LogP contribution in [0.1, 0.15) is 86.3 Å². The summed E-state index contributed by atoms with van der Waals surface area (Å²) < 4.78 is 45.9. The molecule has 0 aliphatic rings. The molecule has 1 amide bonds. The molecule has 9 nitrogen and oxygen atoms in total. The smallest absolute Gasteiger partial charge is 0.408 e. The van der Waals surface area contributed by atoms with E-state index >= 15 is 0 Å². The second-order valence-corrected chi connectivity index (χ2v) is 16.8. The Morgan fingerprint density at radius 2 is 1.46 bits per heavy atom. The first-order valence-corrected chi connectivity index (χ1v) is 18.2. The number of amides is 1. The summed E-state index contributed by atoms with van der Waals surface area (Å²) in [5.41, 5.74) is 8.10. The van der Waals surface area contributed by atoms with Crippen LogP contribution in [0.3, 0.4) is 0 Å². The zero-order valence-electron chi connectivity index (χ0n) is 32.3. The lowest BCUT2D eigenvalue weighted by Crippen LogP contribution is -2.52. The predicted octanol–water partition coefficient (Wildman–Crippen LogP) is 9.89. The monoisotopic (exact) mass is 785 g/mol. The molecule has 0 fully saturated rings. The lowest BCUT2D eigenvalue weighted by atomic mass is 9.91.